The van der Waals surface area contributed by atoms with Crippen molar-refractivity contribution in [3.8, 4) is 0 Å². The maximum absolute atomic E-state index is 14.1. The number of halogens is 2. The molecule has 0 radical (unpaired) electrons. The van der Waals surface area contributed by atoms with Crippen LogP contribution in [0.5, 0.6) is 0 Å². The molecule has 5 heterocycles. The lowest BCUT2D eigenvalue weighted by atomic mass is 10.1. The highest BCUT2D eigenvalue weighted by molar-refractivity contribution is 6.18. The zero-order chi connectivity index (χ0) is 25.3. The third kappa shape index (κ3) is 3.66. The first kappa shape index (κ1) is 22.6. The molecule has 4 aliphatic rings. The Labute approximate surface area is 212 Å². The number of imidazole rings is 1. The van der Waals surface area contributed by atoms with E-state index in [1.807, 2.05) is 36.1 Å². The number of carbonyl (C=O) groups excluding carboxylic acids is 1. The van der Waals surface area contributed by atoms with Crippen LogP contribution < -0.4 is 9.80 Å². The van der Waals surface area contributed by atoms with Gasteiger partial charge in [0, 0.05) is 49.6 Å². The zero-order valence-electron chi connectivity index (χ0n) is 20.7. The van der Waals surface area contributed by atoms with E-state index >= 15 is 0 Å². The number of benzene rings is 1. The summed E-state index contributed by atoms with van der Waals surface area (Å²) < 4.78 is 29.8. The third-order valence-electron chi connectivity index (χ3n) is 7.83. The molecule has 0 spiro atoms. The summed E-state index contributed by atoms with van der Waals surface area (Å²) in [6, 6.07) is 7.78. The molecule has 0 N–H and O–H groups in total. The van der Waals surface area contributed by atoms with E-state index in [1.165, 1.54) is 0 Å². The van der Waals surface area contributed by atoms with Gasteiger partial charge in [0.2, 0.25) is 11.9 Å². The predicted octanol–water partition coefficient (Wildman–Crippen LogP) is 3.61. The molecular weight excluding hydrogens is 478 g/mol. The fourth-order valence-corrected chi connectivity index (χ4v) is 5.76. The van der Waals surface area contributed by atoms with Gasteiger partial charge >= 0.3 is 0 Å². The highest BCUT2D eigenvalue weighted by atomic mass is 19.3. The number of hydrogen-bond donors (Lipinski definition) is 0. The number of nitrogens with zero attached hydrogens (tertiary/aromatic N) is 8. The Kier molecular flexibility index (Phi) is 4.99. The molecule has 1 aromatic carbocycles. The number of rotatable bonds is 5. The maximum atomic E-state index is 14.1. The molecule has 3 aliphatic heterocycles. The third-order valence-corrected chi connectivity index (χ3v) is 7.83. The average molecular weight is 507 g/mol. The second-order valence-electron chi connectivity index (χ2n) is 10.4. The normalized spacial score (nSPS) is 22.4. The van der Waals surface area contributed by atoms with E-state index in [2.05, 4.69) is 14.9 Å². The van der Waals surface area contributed by atoms with E-state index in [-0.39, 0.29) is 25.4 Å². The Hall–Kier alpha value is -3.63. The SMILES string of the molecule is Cc1nc(CN2C(=O)c3c(nc(N4CCCCC4)n3CC3CC3(F)F)N3CCN=C23)nc2ccccc12. The number of hydrogen-bond acceptors (Lipinski definition) is 7. The Morgan fingerprint density at radius 2 is 1.84 bits per heavy atom. The zero-order valence-corrected chi connectivity index (χ0v) is 20.7. The molecule has 1 atom stereocenters. The van der Waals surface area contributed by atoms with Crippen LogP contribution in [-0.2, 0) is 13.1 Å². The molecule has 1 aliphatic carbocycles. The second kappa shape index (κ2) is 8.19. The minimum Gasteiger partial charge on any atom is -0.342 e. The van der Waals surface area contributed by atoms with Gasteiger partial charge in [-0.05, 0) is 32.3 Å². The molecule has 1 saturated heterocycles. The molecule has 1 unspecified atom stereocenters. The molecule has 0 bridgehead atoms. The number of para-hydroxylation sites is 1. The van der Waals surface area contributed by atoms with Crippen molar-refractivity contribution in [3.05, 3.63) is 41.5 Å². The van der Waals surface area contributed by atoms with Crippen LogP contribution in [0.4, 0.5) is 20.5 Å². The van der Waals surface area contributed by atoms with Crippen LogP contribution in [0, 0.1) is 12.8 Å². The monoisotopic (exact) mass is 506 g/mol. The fraction of sp³-hybridized carbons (Fsp3) is 0.500. The molecular formula is C26H28F2N8O. The maximum Gasteiger partial charge on any atom is 0.281 e. The van der Waals surface area contributed by atoms with E-state index in [0.717, 1.165) is 48.9 Å². The van der Waals surface area contributed by atoms with Crippen molar-refractivity contribution in [3.63, 3.8) is 0 Å². The molecule has 2 aromatic heterocycles. The Morgan fingerprint density at radius 3 is 2.62 bits per heavy atom. The summed E-state index contributed by atoms with van der Waals surface area (Å²) in [5.74, 6) is -1.58. The van der Waals surface area contributed by atoms with Gasteiger partial charge in [0.05, 0.1) is 18.6 Å². The minimum absolute atomic E-state index is 0.0760. The topological polar surface area (TPSA) is 82.8 Å². The fourth-order valence-electron chi connectivity index (χ4n) is 5.76. The van der Waals surface area contributed by atoms with Gasteiger partial charge < -0.3 is 9.47 Å². The Morgan fingerprint density at radius 1 is 1.05 bits per heavy atom. The number of anilines is 2. The first-order valence-electron chi connectivity index (χ1n) is 13.0. The standard InChI is InChI=1S/C26H28F2N8O/c1-16-18-7-3-4-8-19(18)31-20(30-16)15-36-23(37)21-22(34-12-9-29-24(34)36)32-25(33-10-5-2-6-11-33)35(21)14-17-13-26(17,27)28/h3-4,7-8,17H,2,5-6,9-15H2,1H3. The largest absolute Gasteiger partial charge is 0.342 e. The lowest BCUT2D eigenvalue weighted by Gasteiger charge is -2.33. The smallest absolute Gasteiger partial charge is 0.281 e. The molecule has 3 aromatic rings. The first-order valence-corrected chi connectivity index (χ1v) is 13.0. The van der Waals surface area contributed by atoms with Gasteiger partial charge in [-0.25, -0.2) is 18.7 Å². The van der Waals surface area contributed by atoms with E-state index in [1.54, 1.807) is 9.47 Å². The molecule has 37 heavy (non-hydrogen) atoms. The summed E-state index contributed by atoms with van der Waals surface area (Å²) in [5, 5.41) is 0.966. The van der Waals surface area contributed by atoms with Crippen LogP contribution in [0.25, 0.3) is 10.9 Å². The van der Waals surface area contributed by atoms with Gasteiger partial charge in [0.1, 0.15) is 5.82 Å². The first-order chi connectivity index (χ1) is 17.9. The van der Waals surface area contributed by atoms with Crippen LogP contribution in [0.3, 0.4) is 0 Å². The van der Waals surface area contributed by atoms with Crippen molar-refractivity contribution < 1.29 is 13.6 Å². The molecule has 1 amide bonds. The van der Waals surface area contributed by atoms with Gasteiger partial charge in [-0.15, -0.1) is 0 Å². The van der Waals surface area contributed by atoms with Gasteiger partial charge in [-0.1, -0.05) is 18.2 Å². The number of guanidine groups is 1. The van der Waals surface area contributed by atoms with Crippen LogP contribution in [0.1, 0.15) is 47.7 Å². The van der Waals surface area contributed by atoms with Crippen LogP contribution in [-0.4, -0.2) is 68.4 Å². The number of aryl methyl sites for hydroxylation is 1. The number of carbonyl (C=O) groups is 1. The molecule has 11 heteroatoms. The molecule has 7 rings (SSSR count). The molecule has 192 valence electrons. The summed E-state index contributed by atoms with van der Waals surface area (Å²) in [5.41, 5.74) is 2.01. The van der Waals surface area contributed by atoms with Crippen LogP contribution in [0.15, 0.2) is 29.3 Å². The summed E-state index contributed by atoms with van der Waals surface area (Å²) in [7, 11) is 0. The van der Waals surface area contributed by atoms with Crippen molar-refractivity contribution in [1.82, 2.24) is 24.4 Å². The number of alkyl halides is 2. The summed E-state index contributed by atoms with van der Waals surface area (Å²) in [6.45, 7) is 4.87. The van der Waals surface area contributed by atoms with E-state index in [4.69, 9.17) is 9.97 Å². The average Bonchev–Trinajstić information content (AvgIpc) is 3.22. The van der Waals surface area contributed by atoms with E-state index in [0.29, 0.717) is 42.3 Å². The van der Waals surface area contributed by atoms with Crippen molar-refractivity contribution in [1.29, 1.82) is 0 Å². The highest BCUT2D eigenvalue weighted by Crippen LogP contribution is 2.50. The van der Waals surface area contributed by atoms with Gasteiger partial charge in [0.25, 0.3) is 11.8 Å². The predicted molar refractivity (Wildman–Crippen MR) is 135 cm³/mol. The lowest BCUT2D eigenvalue weighted by molar-refractivity contribution is 0.0807. The number of aromatic nitrogens is 4. The molecule has 1 saturated carbocycles. The Balaban J connectivity index is 1.30. The molecule has 2 fully saturated rings. The lowest BCUT2D eigenvalue weighted by Crippen LogP contribution is -2.50. The second-order valence-corrected chi connectivity index (χ2v) is 10.4. The highest BCUT2D eigenvalue weighted by Gasteiger charge is 2.57. The van der Waals surface area contributed by atoms with Crippen LogP contribution in [0.2, 0.25) is 0 Å². The van der Waals surface area contributed by atoms with Crippen molar-refractivity contribution in [2.45, 2.75) is 51.6 Å². The molecule has 9 nitrogen and oxygen atoms in total. The van der Waals surface area contributed by atoms with Crippen molar-refractivity contribution in [2.24, 2.45) is 10.9 Å². The van der Waals surface area contributed by atoms with Gasteiger partial charge in [-0.3, -0.25) is 19.6 Å². The minimum atomic E-state index is -2.69. The number of piperidine rings is 1. The van der Waals surface area contributed by atoms with Crippen molar-refractivity contribution >= 4 is 34.5 Å². The van der Waals surface area contributed by atoms with Gasteiger partial charge in [-0.2, -0.15) is 4.98 Å². The van der Waals surface area contributed by atoms with Gasteiger partial charge in [0.15, 0.2) is 11.5 Å². The quantitative estimate of drug-likeness (QED) is 0.526. The summed E-state index contributed by atoms with van der Waals surface area (Å²) >= 11 is 0. The number of amides is 1. The number of fused-ring (bicyclic) bond motifs is 4. The summed E-state index contributed by atoms with van der Waals surface area (Å²) in [4.78, 5) is 38.7. The number of aliphatic imine (C=N–C) groups is 1. The Bertz CT molecular complexity index is 1440. The van der Waals surface area contributed by atoms with E-state index < -0.39 is 11.8 Å². The summed E-state index contributed by atoms with van der Waals surface area (Å²) in [6.07, 6.45) is 3.02. The van der Waals surface area contributed by atoms with E-state index in [9.17, 15) is 13.6 Å². The van der Waals surface area contributed by atoms with Crippen LogP contribution >= 0.6 is 0 Å². The van der Waals surface area contributed by atoms with Crippen molar-refractivity contribution in [2.75, 3.05) is 36.0 Å².